The topological polar surface area (TPSA) is 55.8 Å². The number of carbonyl (C=O) groups is 2. The van der Waals surface area contributed by atoms with E-state index in [1.807, 2.05) is 0 Å². The van der Waals surface area contributed by atoms with Crippen molar-refractivity contribution in [2.24, 2.45) is 0 Å². The zero-order chi connectivity index (χ0) is 16.1. The summed E-state index contributed by atoms with van der Waals surface area (Å²) >= 11 is 0. The minimum atomic E-state index is -0.0240. The van der Waals surface area contributed by atoms with Gasteiger partial charge in [0.25, 0.3) is 0 Å². The number of rotatable bonds is 6. The summed E-state index contributed by atoms with van der Waals surface area (Å²) in [7, 11) is 3.35. The molecule has 1 fully saturated rings. The van der Waals surface area contributed by atoms with Crippen LogP contribution in [0, 0.1) is 0 Å². The Balaban J connectivity index is 2.05. The fraction of sp³-hybridized carbons (Fsp3) is 0.529. The lowest BCUT2D eigenvalue weighted by molar-refractivity contribution is -0.130. The van der Waals surface area contributed by atoms with Gasteiger partial charge in [-0.3, -0.25) is 9.59 Å². The molecule has 1 saturated heterocycles. The molecule has 1 amide bonds. The van der Waals surface area contributed by atoms with Gasteiger partial charge in [-0.25, -0.2) is 0 Å². The van der Waals surface area contributed by atoms with Crippen LogP contribution in [-0.4, -0.2) is 50.0 Å². The third-order valence-electron chi connectivity index (χ3n) is 3.96. The summed E-state index contributed by atoms with van der Waals surface area (Å²) in [6.45, 7) is 2.89. The van der Waals surface area contributed by atoms with E-state index in [1.165, 1.54) is 6.92 Å². The number of nitrogens with zero attached hydrogens (tertiary/aromatic N) is 1. The lowest BCUT2D eigenvalue weighted by Gasteiger charge is -2.21. The molecule has 120 valence electrons. The van der Waals surface area contributed by atoms with Crippen LogP contribution in [0.15, 0.2) is 18.2 Å². The van der Waals surface area contributed by atoms with Crippen LogP contribution in [0.1, 0.15) is 35.7 Å². The molecule has 0 N–H and O–H groups in total. The molecule has 0 aromatic heterocycles. The molecule has 1 heterocycles. The van der Waals surface area contributed by atoms with Crippen LogP contribution >= 0.6 is 0 Å². The van der Waals surface area contributed by atoms with Gasteiger partial charge >= 0.3 is 0 Å². The minimum absolute atomic E-state index is 0.00509. The largest absolute Gasteiger partial charge is 0.496 e. The summed E-state index contributed by atoms with van der Waals surface area (Å²) in [6, 6.07) is 5.18. The fourth-order valence-electron chi connectivity index (χ4n) is 2.63. The van der Waals surface area contributed by atoms with E-state index in [0.29, 0.717) is 17.9 Å². The molecular weight excluding hydrogens is 282 g/mol. The third-order valence-corrected chi connectivity index (χ3v) is 3.96. The second-order valence-corrected chi connectivity index (χ2v) is 5.67. The molecule has 1 unspecified atom stereocenters. The predicted molar refractivity (Wildman–Crippen MR) is 83.3 cm³/mol. The van der Waals surface area contributed by atoms with Crippen LogP contribution in [0.3, 0.4) is 0 Å². The Morgan fingerprint density at radius 3 is 2.77 bits per heavy atom. The van der Waals surface area contributed by atoms with Crippen molar-refractivity contribution in [2.75, 3.05) is 27.3 Å². The molecule has 1 aliphatic heterocycles. The first-order chi connectivity index (χ1) is 10.5. The minimum Gasteiger partial charge on any atom is -0.496 e. The highest BCUT2D eigenvalue weighted by atomic mass is 16.5. The van der Waals surface area contributed by atoms with Crippen LogP contribution in [-0.2, 0) is 16.0 Å². The van der Waals surface area contributed by atoms with Gasteiger partial charge in [-0.15, -0.1) is 0 Å². The first kappa shape index (κ1) is 16.5. The number of ether oxygens (including phenoxy) is 2. The standard InChI is InChI=1S/C17H23NO4/c1-12(19)13-6-7-16(21-3)14(9-13)10-17(20)18(2)11-15-5-4-8-22-15/h6-7,9,15H,4-5,8,10-11H2,1-3H3. The zero-order valence-corrected chi connectivity index (χ0v) is 13.4. The average Bonchev–Trinajstić information content (AvgIpc) is 2.99. The molecule has 22 heavy (non-hydrogen) atoms. The van der Waals surface area contributed by atoms with Gasteiger partial charge in [-0.1, -0.05) is 0 Å². The molecule has 0 spiro atoms. The molecule has 0 bridgehead atoms. The van der Waals surface area contributed by atoms with Gasteiger partial charge < -0.3 is 14.4 Å². The first-order valence-corrected chi connectivity index (χ1v) is 7.54. The van der Waals surface area contributed by atoms with Crippen molar-refractivity contribution in [3.63, 3.8) is 0 Å². The summed E-state index contributed by atoms with van der Waals surface area (Å²) in [5.74, 6) is 0.599. The Labute approximate surface area is 131 Å². The third kappa shape index (κ3) is 4.07. The summed E-state index contributed by atoms with van der Waals surface area (Å²) in [5.41, 5.74) is 1.32. The van der Waals surface area contributed by atoms with Gasteiger partial charge in [0, 0.05) is 31.3 Å². The van der Waals surface area contributed by atoms with E-state index in [1.54, 1.807) is 37.3 Å². The van der Waals surface area contributed by atoms with E-state index in [4.69, 9.17) is 9.47 Å². The Bertz CT molecular complexity index is 550. The van der Waals surface area contributed by atoms with Gasteiger partial charge in [0.15, 0.2) is 5.78 Å². The number of Topliss-reactive ketones (excluding diaryl/α,β-unsaturated/α-hetero) is 1. The van der Waals surface area contributed by atoms with E-state index < -0.39 is 0 Å². The highest BCUT2D eigenvalue weighted by molar-refractivity contribution is 5.94. The number of methoxy groups -OCH3 is 1. The number of ketones is 1. The summed E-state index contributed by atoms with van der Waals surface area (Å²) in [4.78, 5) is 25.6. The van der Waals surface area contributed by atoms with Gasteiger partial charge in [0.05, 0.1) is 19.6 Å². The maximum absolute atomic E-state index is 12.4. The lowest BCUT2D eigenvalue weighted by Crippen LogP contribution is -2.35. The van der Waals surface area contributed by atoms with Crippen molar-refractivity contribution in [3.8, 4) is 5.75 Å². The van der Waals surface area contributed by atoms with E-state index in [2.05, 4.69) is 0 Å². The Morgan fingerprint density at radius 2 is 2.18 bits per heavy atom. The molecular formula is C17H23NO4. The van der Waals surface area contributed by atoms with Crippen LogP contribution in [0.25, 0.3) is 0 Å². The van der Waals surface area contributed by atoms with Crippen molar-refractivity contribution in [1.29, 1.82) is 0 Å². The number of amides is 1. The van der Waals surface area contributed by atoms with Crippen LogP contribution in [0.2, 0.25) is 0 Å². The van der Waals surface area contributed by atoms with Gasteiger partial charge in [0.2, 0.25) is 5.91 Å². The average molecular weight is 305 g/mol. The highest BCUT2D eigenvalue weighted by Crippen LogP contribution is 2.22. The van der Waals surface area contributed by atoms with Crippen molar-refractivity contribution >= 4 is 11.7 Å². The van der Waals surface area contributed by atoms with E-state index in [9.17, 15) is 9.59 Å². The molecule has 1 atom stereocenters. The van der Waals surface area contributed by atoms with Crippen molar-refractivity contribution in [3.05, 3.63) is 29.3 Å². The quantitative estimate of drug-likeness (QED) is 0.755. The van der Waals surface area contributed by atoms with Crippen molar-refractivity contribution < 1.29 is 19.1 Å². The fourth-order valence-corrected chi connectivity index (χ4v) is 2.63. The summed E-state index contributed by atoms with van der Waals surface area (Å²) < 4.78 is 10.8. The Hall–Kier alpha value is -1.88. The van der Waals surface area contributed by atoms with Crippen molar-refractivity contribution in [2.45, 2.75) is 32.3 Å². The number of hydrogen-bond donors (Lipinski definition) is 0. The number of benzene rings is 1. The Kier molecular flexibility index (Phi) is 5.55. The molecule has 2 rings (SSSR count). The summed E-state index contributed by atoms with van der Waals surface area (Å²) in [6.07, 6.45) is 2.41. The molecule has 0 aliphatic carbocycles. The van der Waals surface area contributed by atoms with Crippen LogP contribution in [0.4, 0.5) is 0 Å². The second-order valence-electron chi connectivity index (χ2n) is 5.67. The number of likely N-dealkylation sites (N-methyl/N-ethyl adjacent to an activating group) is 1. The van der Waals surface area contributed by atoms with Crippen LogP contribution < -0.4 is 4.74 Å². The normalized spacial score (nSPS) is 17.3. The predicted octanol–water partition coefficient (Wildman–Crippen LogP) is 2.08. The molecule has 0 radical (unpaired) electrons. The molecule has 1 aliphatic rings. The first-order valence-electron chi connectivity index (χ1n) is 7.54. The smallest absolute Gasteiger partial charge is 0.226 e. The van der Waals surface area contributed by atoms with Gasteiger partial charge in [-0.05, 0) is 38.0 Å². The highest BCUT2D eigenvalue weighted by Gasteiger charge is 2.21. The van der Waals surface area contributed by atoms with Crippen molar-refractivity contribution in [1.82, 2.24) is 4.90 Å². The zero-order valence-electron chi connectivity index (χ0n) is 13.4. The number of carbonyl (C=O) groups excluding carboxylic acids is 2. The summed E-state index contributed by atoms with van der Waals surface area (Å²) in [5, 5.41) is 0. The molecule has 0 saturated carbocycles. The lowest BCUT2D eigenvalue weighted by atomic mass is 10.0. The van der Waals surface area contributed by atoms with Crippen LogP contribution in [0.5, 0.6) is 5.75 Å². The molecule has 1 aromatic carbocycles. The molecule has 5 nitrogen and oxygen atoms in total. The SMILES string of the molecule is COc1ccc(C(C)=O)cc1CC(=O)N(C)CC1CCCO1. The maximum atomic E-state index is 12.4. The molecule has 5 heteroatoms. The molecule has 1 aromatic rings. The Morgan fingerprint density at radius 1 is 1.41 bits per heavy atom. The maximum Gasteiger partial charge on any atom is 0.226 e. The van der Waals surface area contributed by atoms with Gasteiger partial charge in [0.1, 0.15) is 5.75 Å². The second kappa shape index (κ2) is 7.40. The monoisotopic (exact) mass is 305 g/mol. The van der Waals surface area contributed by atoms with E-state index in [-0.39, 0.29) is 24.2 Å². The number of hydrogen-bond acceptors (Lipinski definition) is 4. The van der Waals surface area contributed by atoms with E-state index in [0.717, 1.165) is 25.0 Å². The van der Waals surface area contributed by atoms with E-state index >= 15 is 0 Å². The van der Waals surface area contributed by atoms with Gasteiger partial charge in [-0.2, -0.15) is 0 Å².